The van der Waals surface area contributed by atoms with Gasteiger partial charge in [-0.25, -0.2) is 4.98 Å². The van der Waals surface area contributed by atoms with Gasteiger partial charge in [0.15, 0.2) is 0 Å². The van der Waals surface area contributed by atoms with Crippen molar-refractivity contribution in [3.05, 3.63) is 71.5 Å². The molecule has 9 heteroatoms. The van der Waals surface area contributed by atoms with Crippen molar-refractivity contribution < 1.29 is 10.0 Å². The molecule has 0 amide bonds. The van der Waals surface area contributed by atoms with Gasteiger partial charge in [-0.3, -0.25) is 4.90 Å². The van der Waals surface area contributed by atoms with Crippen LogP contribution in [0.2, 0.25) is 0 Å². The van der Waals surface area contributed by atoms with Gasteiger partial charge in [0.25, 0.3) is 5.95 Å². The summed E-state index contributed by atoms with van der Waals surface area (Å²) in [5.41, 5.74) is 4.37. The monoisotopic (exact) mass is 400 g/mol. The highest BCUT2D eigenvalue weighted by Crippen LogP contribution is 2.28. The van der Waals surface area contributed by atoms with E-state index in [0.717, 1.165) is 35.7 Å². The van der Waals surface area contributed by atoms with Crippen LogP contribution in [0, 0.1) is 0 Å². The van der Waals surface area contributed by atoms with Crippen LogP contribution in [0.1, 0.15) is 16.8 Å². The number of nitrogens with zero attached hydrogens (tertiary/aromatic N) is 5. The van der Waals surface area contributed by atoms with E-state index < -0.39 is 7.12 Å². The number of benzene rings is 2. The van der Waals surface area contributed by atoms with Crippen LogP contribution in [0.3, 0.4) is 0 Å². The summed E-state index contributed by atoms with van der Waals surface area (Å²) < 4.78 is 1.65. The van der Waals surface area contributed by atoms with Crippen LogP contribution in [0.15, 0.2) is 54.7 Å². The van der Waals surface area contributed by atoms with E-state index in [4.69, 9.17) is 9.97 Å². The maximum Gasteiger partial charge on any atom is 0.489 e. The van der Waals surface area contributed by atoms with Crippen molar-refractivity contribution in [2.24, 2.45) is 0 Å². The maximum absolute atomic E-state index is 9.65. The third-order valence-corrected chi connectivity index (χ3v) is 5.35. The van der Waals surface area contributed by atoms with Gasteiger partial charge >= 0.3 is 7.12 Å². The summed E-state index contributed by atoms with van der Waals surface area (Å²) in [5.74, 6) is 1.25. The topological polar surface area (TPSA) is 99.3 Å². The van der Waals surface area contributed by atoms with Gasteiger partial charge in [-0.15, -0.1) is 0 Å². The Balaban J connectivity index is 1.57. The van der Waals surface area contributed by atoms with Gasteiger partial charge in [-0.05, 0) is 24.1 Å². The Morgan fingerprint density at radius 3 is 2.67 bits per heavy atom. The number of aromatic nitrogens is 4. The smallest absolute Gasteiger partial charge is 0.423 e. The standard InChI is InChI=1S/C21H21BN6O2/c1-27-12-16-18(13-27)25-21(26-20(16)23-10-14-6-3-2-4-7-14)28-19-9-5-8-17(22(29)30)15(19)11-24-28/h2-9,11,29-30H,10,12-13H2,1H3,(H,23,25,26). The molecule has 0 saturated carbocycles. The summed E-state index contributed by atoms with van der Waals surface area (Å²) >= 11 is 0. The zero-order valence-electron chi connectivity index (χ0n) is 16.5. The second-order valence-electron chi connectivity index (χ2n) is 7.52. The van der Waals surface area contributed by atoms with E-state index >= 15 is 0 Å². The van der Waals surface area contributed by atoms with Gasteiger partial charge in [0.1, 0.15) is 5.82 Å². The van der Waals surface area contributed by atoms with Crippen LogP contribution in [-0.2, 0) is 19.6 Å². The minimum absolute atomic E-state index is 0.405. The van der Waals surface area contributed by atoms with Gasteiger partial charge < -0.3 is 15.4 Å². The summed E-state index contributed by atoms with van der Waals surface area (Å²) in [6, 6.07) is 15.5. The van der Waals surface area contributed by atoms with Gasteiger partial charge in [-0.1, -0.05) is 42.5 Å². The van der Waals surface area contributed by atoms with Crippen LogP contribution >= 0.6 is 0 Å². The minimum Gasteiger partial charge on any atom is -0.423 e. The average Bonchev–Trinajstić information content (AvgIpc) is 3.35. The molecule has 0 aliphatic carbocycles. The average molecular weight is 400 g/mol. The Bertz CT molecular complexity index is 1210. The molecule has 0 radical (unpaired) electrons. The lowest BCUT2D eigenvalue weighted by molar-refractivity contribution is 0.351. The van der Waals surface area contributed by atoms with E-state index in [1.54, 1.807) is 23.0 Å². The van der Waals surface area contributed by atoms with Crippen LogP contribution in [0.4, 0.5) is 5.82 Å². The van der Waals surface area contributed by atoms with Crippen molar-refractivity contribution in [3.8, 4) is 5.95 Å². The first-order valence-corrected chi connectivity index (χ1v) is 9.79. The Kier molecular flexibility index (Phi) is 4.70. The highest BCUT2D eigenvalue weighted by Gasteiger charge is 2.25. The molecule has 0 spiro atoms. The molecule has 30 heavy (non-hydrogen) atoms. The highest BCUT2D eigenvalue weighted by atomic mass is 16.4. The Morgan fingerprint density at radius 2 is 1.87 bits per heavy atom. The minimum atomic E-state index is -1.57. The highest BCUT2D eigenvalue weighted by molar-refractivity contribution is 6.61. The summed E-state index contributed by atoms with van der Waals surface area (Å²) in [7, 11) is 0.490. The van der Waals surface area contributed by atoms with Crippen LogP contribution < -0.4 is 10.8 Å². The van der Waals surface area contributed by atoms with Gasteiger partial charge in [-0.2, -0.15) is 14.8 Å². The number of anilines is 1. The Hall–Kier alpha value is -3.27. The fraction of sp³-hybridized carbons (Fsp3) is 0.190. The van der Waals surface area contributed by atoms with E-state index in [2.05, 4.69) is 34.5 Å². The molecule has 150 valence electrons. The lowest BCUT2D eigenvalue weighted by atomic mass is 9.78. The van der Waals surface area contributed by atoms with E-state index in [0.29, 0.717) is 23.3 Å². The summed E-state index contributed by atoms with van der Waals surface area (Å²) in [6.45, 7) is 2.19. The predicted octanol–water partition coefficient (Wildman–Crippen LogP) is 1.05. The molecule has 1 aliphatic heterocycles. The van der Waals surface area contributed by atoms with Crippen molar-refractivity contribution in [2.75, 3.05) is 12.4 Å². The van der Waals surface area contributed by atoms with Crippen molar-refractivity contribution in [3.63, 3.8) is 0 Å². The fourth-order valence-corrected chi connectivity index (χ4v) is 3.88. The largest absolute Gasteiger partial charge is 0.489 e. The van der Waals surface area contributed by atoms with Crippen LogP contribution in [0.5, 0.6) is 0 Å². The van der Waals surface area contributed by atoms with E-state index in [1.807, 2.05) is 24.3 Å². The Morgan fingerprint density at radius 1 is 1.03 bits per heavy atom. The van der Waals surface area contributed by atoms with E-state index in [-0.39, 0.29) is 0 Å². The third-order valence-electron chi connectivity index (χ3n) is 5.35. The van der Waals surface area contributed by atoms with Crippen molar-refractivity contribution in [1.82, 2.24) is 24.6 Å². The zero-order valence-corrected chi connectivity index (χ0v) is 16.5. The summed E-state index contributed by atoms with van der Waals surface area (Å²) in [6.07, 6.45) is 1.61. The maximum atomic E-state index is 9.65. The molecule has 0 fully saturated rings. The molecule has 5 rings (SSSR count). The lowest BCUT2D eigenvalue weighted by Gasteiger charge is -2.12. The number of hydrogen-bond donors (Lipinski definition) is 3. The fourth-order valence-electron chi connectivity index (χ4n) is 3.88. The van der Waals surface area contributed by atoms with Gasteiger partial charge in [0, 0.05) is 30.6 Å². The second kappa shape index (κ2) is 7.53. The molecular formula is C21H21BN6O2. The first kappa shape index (κ1) is 18.7. The first-order chi connectivity index (χ1) is 14.6. The molecular weight excluding hydrogens is 379 g/mol. The summed E-state index contributed by atoms with van der Waals surface area (Å²) in [4.78, 5) is 11.7. The molecule has 3 heterocycles. The third kappa shape index (κ3) is 3.33. The normalized spacial score (nSPS) is 13.6. The number of fused-ring (bicyclic) bond motifs is 2. The molecule has 2 aromatic heterocycles. The summed E-state index contributed by atoms with van der Waals surface area (Å²) in [5, 5.41) is 27.9. The molecule has 0 bridgehead atoms. The Labute approximate surface area is 174 Å². The lowest BCUT2D eigenvalue weighted by Crippen LogP contribution is -2.30. The molecule has 3 N–H and O–H groups in total. The molecule has 8 nitrogen and oxygen atoms in total. The molecule has 1 aliphatic rings. The van der Waals surface area contributed by atoms with Crippen molar-refractivity contribution in [2.45, 2.75) is 19.6 Å². The van der Waals surface area contributed by atoms with Crippen molar-refractivity contribution in [1.29, 1.82) is 0 Å². The molecule has 0 atom stereocenters. The molecule has 0 saturated heterocycles. The van der Waals surface area contributed by atoms with Crippen LogP contribution in [-0.4, -0.2) is 48.9 Å². The van der Waals surface area contributed by atoms with Gasteiger partial charge in [0.2, 0.25) is 0 Å². The van der Waals surface area contributed by atoms with E-state index in [1.165, 1.54) is 5.56 Å². The predicted molar refractivity (Wildman–Crippen MR) is 115 cm³/mol. The first-order valence-electron chi connectivity index (χ1n) is 9.79. The quantitative estimate of drug-likeness (QED) is 0.431. The zero-order chi connectivity index (χ0) is 20.7. The van der Waals surface area contributed by atoms with Crippen molar-refractivity contribution >= 4 is 29.3 Å². The van der Waals surface area contributed by atoms with Gasteiger partial charge in [0.05, 0.1) is 17.4 Å². The second-order valence-corrected chi connectivity index (χ2v) is 7.52. The molecule has 4 aromatic rings. The number of hydrogen-bond acceptors (Lipinski definition) is 7. The SMILES string of the molecule is CN1Cc2nc(-n3ncc4c(B(O)O)cccc43)nc(NCc3ccccc3)c2C1. The molecule has 0 unspecified atom stereocenters. The number of rotatable bonds is 5. The molecule has 2 aromatic carbocycles. The number of nitrogens with one attached hydrogen (secondary N) is 1. The van der Waals surface area contributed by atoms with E-state index in [9.17, 15) is 10.0 Å². The van der Waals surface area contributed by atoms with Crippen LogP contribution in [0.25, 0.3) is 16.9 Å².